The molecule has 2 heterocycles. The summed E-state index contributed by atoms with van der Waals surface area (Å²) in [4.78, 5) is 11.9. The van der Waals surface area contributed by atoms with Gasteiger partial charge in [-0.3, -0.25) is 9.48 Å². The van der Waals surface area contributed by atoms with E-state index in [0.29, 0.717) is 23.9 Å². The van der Waals surface area contributed by atoms with Crippen LogP contribution in [0.3, 0.4) is 0 Å². The Morgan fingerprint density at radius 2 is 2.19 bits per heavy atom. The van der Waals surface area contributed by atoms with Crippen LogP contribution in [0.5, 0.6) is 0 Å². The van der Waals surface area contributed by atoms with Crippen molar-refractivity contribution in [1.82, 2.24) is 20.0 Å². The third kappa shape index (κ3) is 4.10. The molecule has 0 spiro atoms. The van der Waals surface area contributed by atoms with Gasteiger partial charge in [0.15, 0.2) is 0 Å². The number of carbonyl (C=O) groups is 1. The molecule has 6 nitrogen and oxygen atoms in total. The Morgan fingerprint density at radius 3 is 2.81 bits per heavy atom. The van der Waals surface area contributed by atoms with Crippen molar-refractivity contribution in [3.8, 4) is 0 Å². The number of aromatic nitrogens is 4. The maximum absolute atomic E-state index is 11.9. The van der Waals surface area contributed by atoms with Crippen molar-refractivity contribution in [2.24, 2.45) is 5.92 Å². The van der Waals surface area contributed by atoms with Crippen LogP contribution in [0.15, 0.2) is 5.51 Å². The van der Waals surface area contributed by atoms with Gasteiger partial charge in [-0.05, 0) is 31.7 Å². The Labute approximate surface area is 128 Å². The molecule has 2 aromatic heterocycles. The number of anilines is 1. The van der Waals surface area contributed by atoms with Gasteiger partial charge in [0.25, 0.3) is 0 Å². The molecule has 0 aliphatic heterocycles. The van der Waals surface area contributed by atoms with Gasteiger partial charge in [-0.1, -0.05) is 25.2 Å². The lowest BCUT2D eigenvalue weighted by molar-refractivity contribution is -0.116. The molecule has 2 aromatic rings. The van der Waals surface area contributed by atoms with Crippen molar-refractivity contribution in [2.75, 3.05) is 5.32 Å². The summed E-state index contributed by atoms with van der Waals surface area (Å²) >= 11 is 1.32. The standard InChI is InChI=1S/C14H21N5OS/c1-9(2)7-19-11(4)12(10(3)18-19)5-6-13(20)16-14-17-15-8-21-14/h8-9H,5-7H2,1-4H3,(H,16,17,20). The molecule has 1 amide bonds. The molecule has 0 saturated carbocycles. The van der Waals surface area contributed by atoms with E-state index in [9.17, 15) is 4.79 Å². The number of nitrogens with one attached hydrogen (secondary N) is 1. The highest BCUT2D eigenvalue weighted by atomic mass is 32.1. The molecule has 0 atom stereocenters. The molecule has 0 unspecified atom stereocenters. The van der Waals surface area contributed by atoms with Gasteiger partial charge >= 0.3 is 0 Å². The Morgan fingerprint density at radius 1 is 1.43 bits per heavy atom. The summed E-state index contributed by atoms with van der Waals surface area (Å²) in [5.74, 6) is 0.513. The minimum absolute atomic E-state index is 0.0397. The zero-order valence-electron chi connectivity index (χ0n) is 12.9. The van der Waals surface area contributed by atoms with Gasteiger partial charge in [-0.25, -0.2) is 0 Å². The highest BCUT2D eigenvalue weighted by Gasteiger charge is 2.14. The van der Waals surface area contributed by atoms with Gasteiger partial charge < -0.3 is 5.32 Å². The molecule has 0 saturated heterocycles. The van der Waals surface area contributed by atoms with Crippen molar-refractivity contribution in [2.45, 2.75) is 47.1 Å². The average Bonchev–Trinajstić information content (AvgIpc) is 2.97. The van der Waals surface area contributed by atoms with Gasteiger partial charge in [0.1, 0.15) is 5.51 Å². The highest BCUT2D eigenvalue weighted by molar-refractivity contribution is 7.13. The molecule has 21 heavy (non-hydrogen) atoms. The molecule has 0 aliphatic carbocycles. The van der Waals surface area contributed by atoms with E-state index in [0.717, 1.165) is 17.9 Å². The van der Waals surface area contributed by atoms with E-state index in [1.165, 1.54) is 16.9 Å². The van der Waals surface area contributed by atoms with Gasteiger partial charge in [-0.2, -0.15) is 5.10 Å². The highest BCUT2D eigenvalue weighted by Crippen LogP contribution is 2.17. The maximum atomic E-state index is 11.9. The van der Waals surface area contributed by atoms with Crippen LogP contribution in [-0.4, -0.2) is 25.9 Å². The van der Waals surface area contributed by atoms with Gasteiger partial charge in [-0.15, -0.1) is 10.2 Å². The van der Waals surface area contributed by atoms with Gasteiger partial charge in [0, 0.05) is 18.7 Å². The predicted molar refractivity (Wildman–Crippen MR) is 83.4 cm³/mol. The van der Waals surface area contributed by atoms with Crippen molar-refractivity contribution in [3.05, 3.63) is 22.5 Å². The van der Waals surface area contributed by atoms with Crippen LogP contribution in [0.25, 0.3) is 0 Å². The first-order chi connectivity index (χ1) is 9.97. The number of aryl methyl sites for hydroxylation is 1. The van der Waals surface area contributed by atoms with Crippen LogP contribution in [0.1, 0.15) is 37.2 Å². The van der Waals surface area contributed by atoms with Crippen molar-refractivity contribution < 1.29 is 4.79 Å². The van der Waals surface area contributed by atoms with E-state index in [2.05, 4.69) is 41.4 Å². The summed E-state index contributed by atoms with van der Waals surface area (Å²) in [6.07, 6.45) is 1.12. The third-order valence-corrected chi connectivity index (χ3v) is 3.88. The number of carbonyl (C=O) groups excluding carboxylic acids is 1. The van der Waals surface area contributed by atoms with Crippen molar-refractivity contribution in [1.29, 1.82) is 0 Å². The van der Waals surface area contributed by atoms with E-state index in [-0.39, 0.29) is 5.91 Å². The van der Waals surface area contributed by atoms with Gasteiger partial charge in [0.05, 0.1) is 5.69 Å². The largest absolute Gasteiger partial charge is 0.301 e. The summed E-state index contributed by atoms with van der Waals surface area (Å²) in [5.41, 5.74) is 4.93. The van der Waals surface area contributed by atoms with E-state index in [1.54, 1.807) is 5.51 Å². The smallest absolute Gasteiger partial charge is 0.226 e. The van der Waals surface area contributed by atoms with Crippen LogP contribution in [0, 0.1) is 19.8 Å². The molecule has 1 N–H and O–H groups in total. The second-order valence-corrected chi connectivity index (χ2v) is 6.35. The summed E-state index contributed by atoms with van der Waals surface area (Å²) in [5, 5.41) is 15.4. The summed E-state index contributed by atoms with van der Waals surface area (Å²) < 4.78 is 2.04. The van der Waals surface area contributed by atoms with Crippen LogP contribution < -0.4 is 5.32 Å². The van der Waals surface area contributed by atoms with Crippen molar-refractivity contribution >= 4 is 22.4 Å². The van der Waals surface area contributed by atoms with Gasteiger partial charge in [0.2, 0.25) is 11.0 Å². The summed E-state index contributed by atoms with van der Waals surface area (Å²) in [7, 11) is 0. The number of nitrogens with zero attached hydrogens (tertiary/aromatic N) is 4. The molecule has 7 heteroatoms. The lowest BCUT2D eigenvalue weighted by Gasteiger charge is -2.08. The maximum Gasteiger partial charge on any atom is 0.226 e. The van der Waals surface area contributed by atoms with Crippen LogP contribution >= 0.6 is 11.3 Å². The predicted octanol–water partition coefficient (Wildman–Crippen LogP) is 2.58. The van der Waals surface area contributed by atoms with E-state index in [1.807, 2.05) is 11.6 Å². The normalized spacial score (nSPS) is 11.1. The molecule has 0 bridgehead atoms. The lowest BCUT2D eigenvalue weighted by Crippen LogP contribution is -2.13. The Hall–Kier alpha value is -1.76. The molecular formula is C14H21N5OS. The molecule has 0 fully saturated rings. The molecule has 114 valence electrons. The summed E-state index contributed by atoms with van der Waals surface area (Å²) in [6, 6.07) is 0. The first-order valence-corrected chi connectivity index (χ1v) is 7.94. The first kappa shape index (κ1) is 15.6. The molecule has 0 radical (unpaired) electrons. The molecular weight excluding hydrogens is 286 g/mol. The molecule has 2 rings (SSSR count). The van der Waals surface area contributed by atoms with Crippen LogP contribution in [-0.2, 0) is 17.8 Å². The lowest BCUT2D eigenvalue weighted by atomic mass is 10.1. The second kappa shape index (κ2) is 6.80. The monoisotopic (exact) mass is 307 g/mol. The third-order valence-electron chi connectivity index (χ3n) is 3.28. The number of hydrogen-bond acceptors (Lipinski definition) is 5. The van der Waals surface area contributed by atoms with Crippen LogP contribution in [0.4, 0.5) is 5.13 Å². The SMILES string of the molecule is Cc1nn(CC(C)C)c(C)c1CCC(=O)Nc1nncs1. The topological polar surface area (TPSA) is 72.7 Å². The second-order valence-electron chi connectivity index (χ2n) is 5.52. The Balaban J connectivity index is 1.96. The Bertz CT molecular complexity index is 603. The van der Waals surface area contributed by atoms with Crippen LogP contribution in [0.2, 0.25) is 0 Å². The van der Waals surface area contributed by atoms with E-state index in [4.69, 9.17) is 0 Å². The fraction of sp³-hybridized carbons (Fsp3) is 0.571. The number of amides is 1. The fourth-order valence-electron chi connectivity index (χ4n) is 2.27. The zero-order chi connectivity index (χ0) is 15.4. The zero-order valence-corrected chi connectivity index (χ0v) is 13.7. The summed E-state index contributed by atoms with van der Waals surface area (Å²) in [6.45, 7) is 9.32. The quantitative estimate of drug-likeness (QED) is 0.890. The first-order valence-electron chi connectivity index (χ1n) is 7.06. The molecule has 0 aromatic carbocycles. The van der Waals surface area contributed by atoms with E-state index >= 15 is 0 Å². The fourth-order valence-corrected chi connectivity index (χ4v) is 2.73. The van der Waals surface area contributed by atoms with E-state index < -0.39 is 0 Å². The average molecular weight is 307 g/mol. The minimum atomic E-state index is -0.0397. The minimum Gasteiger partial charge on any atom is -0.301 e. The number of hydrogen-bond donors (Lipinski definition) is 1. The molecule has 0 aliphatic rings. The Kier molecular flexibility index (Phi) is 5.06. The van der Waals surface area contributed by atoms with Crippen molar-refractivity contribution in [3.63, 3.8) is 0 Å². The number of rotatable bonds is 6.